The van der Waals surface area contributed by atoms with Gasteiger partial charge >= 0.3 is 0 Å². The standard InChI is InChI=1S/C27H20F4N2O/c1-34-9-8-19-15-32-27(33-16-19)7-4-18-11-23(28)22(24(29)12-18)6-3-17-2-5-20-13-25(30)26(31)14-21(20)10-17/h2,5,10-16H,4,7-9H2,1H3. The molecule has 0 saturated heterocycles. The number of fused-ring (bicyclic) bond motifs is 1. The number of aromatic nitrogens is 2. The van der Waals surface area contributed by atoms with Crippen LogP contribution >= 0.6 is 0 Å². The molecule has 1 heterocycles. The van der Waals surface area contributed by atoms with Crippen LogP contribution in [0.15, 0.2) is 54.9 Å². The SMILES string of the molecule is COCCc1cnc(CCc2cc(F)c(C#Cc3ccc4cc(F)c(F)cc4c3)c(F)c2)nc1. The van der Waals surface area contributed by atoms with Crippen LogP contribution < -0.4 is 0 Å². The molecule has 34 heavy (non-hydrogen) atoms. The van der Waals surface area contributed by atoms with E-state index in [1.807, 2.05) is 0 Å². The van der Waals surface area contributed by atoms with E-state index in [2.05, 4.69) is 21.8 Å². The number of hydrogen-bond donors (Lipinski definition) is 0. The monoisotopic (exact) mass is 464 g/mol. The predicted octanol–water partition coefficient (Wildman–Crippen LogP) is 5.56. The van der Waals surface area contributed by atoms with Gasteiger partial charge in [-0.3, -0.25) is 0 Å². The normalized spacial score (nSPS) is 10.9. The molecule has 0 aliphatic carbocycles. The molecule has 0 atom stereocenters. The largest absolute Gasteiger partial charge is 0.384 e. The number of nitrogens with zero attached hydrogens (tertiary/aromatic N) is 2. The van der Waals surface area contributed by atoms with Crippen LogP contribution in [-0.2, 0) is 24.0 Å². The highest BCUT2D eigenvalue weighted by Crippen LogP contribution is 2.20. The minimum absolute atomic E-state index is 0.354. The number of ether oxygens (including phenoxy) is 1. The van der Waals surface area contributed by atoms with Crippen molar-refractivity contribution >= 4 is 10.8 Å². The third kappa shape index (κ3) is 5.59. The van der Waals surface area contributed by atoms with Gasteiger partial charge in [-0.2, -0.15) is 0 Å². The van der Waals surface area contributed by atoms with Crippen molar-refractivity contribution < 1.29 is 22.3 Å². The van der Waals surface area contributed by atoms with Crippen LogP contribution in [0.2, 0.25) is 0 Å². The van der Waals surface area contributed by atoms with Crippen molar-refractivity contribution in [3.63, 3.8) is 0 Å². The summed E-state index contributed by atoms with van der Waals surface area (Å²) in [5.41, 5.74) is 1.49. The summed E-state index contributed by atoms with van der Waals surface area (Å²) in [5, 5.41) is 0.940. The maximum atomic E-state index is 14.6. The highest BCUT2D eigenvalue weighted by molar-refractivity contribution is 5.84. The smallest absolute Gasteiger partial charge is 0.159 e. The van der Waals surface area contributed by atoms with E-state index in [1.54, 1.807) is 31.6 Å². The van der Waals surface area contributed by atoms with Crippen LogP contribution in [0.5, 0.6) is 0 Å². The first-order valence-electron chi connectivity index (χ1n) is 10.6. The zero-order valence-corrected chi connectivity index (χ0v) is 18.3. The number of benzene rings is 3. The van der Waals surface area contributed by atoms with E-state index >= 15 is 0 Å². The molecule has 4 rings (SSSR count). The summed E-state index contributed by atoms with van der Waals surface area (Å²) >= 11 is 0. The van der Waals surface area contributed by atoms with Crippen LogP contribution in [0.25, 0.3) is 10.8 Å². The summed E-state index contributed by atoms with van der Waals surface area (Å²) in [4.78, 5) is 8.57. The zero-order chi connectivity index (χ0) is 24.1. The Morgan fingerprint density at radius 3 is 2.06 bits per heavy atom. The molecule has 7 heteroatoms. The molecule has 3 aromatic carbocycles. The second kappa shape index (κ2) is 10.4. The molecule has 4 aromatic rings. The van der Waals surface area contributed by atoms with Gasteiger partial charge in [-0.15, -0.1) is 0 Å². The van der Waals surface area contributed by atoms with E-state index in [-0.39, 0.29) is 5.56 Å². The lowest BCUT2D eigenvalue weighted by molar-refractivity contribution is 0.202. The highest BCUT2D eigenvalue weighted by atomic mass is 19.2. The van der Waals surface area contributed by atoms with Gasteiger partial charge in [-0.1, -0.05) is 17.9 Å². The first-order valence-corrected chi connectivity index (χ1v) is 10.6. The third-order valence-electron chi connectivity index (χ3n) is 5.30. The Bertz CT molecular complexity index is 1370. The van der Waals surface area contributed by atoms with Gasteiger partial charge in [0.25, 0.3) is 0 Å². The van der Waals surface area contributed by atoms with Gasteiger partial charge in [0.05, 0.1) is 12.2 Å². The Labute approximate surface area is 194 Å². The molecule has 0 amide bonds. The van der Waals surface area contributed by atoms with Gasteiger partial charge < -0.3 is 4.74 Å². The van der Waals surface area contributed by atoms with E-state index in [4.69, 9.17) is 4.74 Å². The number of halogens is 4. The fraction of sp³-hybridized carbons (Fsp3) is 0.185. The van der Waals surface area contributed by atoms with Crippen LogP contribution in [0, 0.1) is 35.1 Å². The molecular formula is C27H20F4N2O. The van der Waals surface area contributed by atoms with Crippen molar-refractivity contribution in [3.05, 3.63) is 106 Å². The zero-order valence-electron chi connectivity index (χ0n) is 18.3. The van der Waals surface area contributed by atoms with Crippen molar-refractivity contribution in [3.8, 4) is 11.8 Å². The maximum Gasteiger partial charge on any atom is 0.159 e. The first kappa shape index (κ1) is 23.4. The van der Waals surface area contributed by atoms with Gasteiger partial charge in [0.1, 0.15) is 17.5 Å². The number of aryl methyl sites for hydroxylation is 2. The van der Waals surface area contributed by atoms with Crippen molar-refractivity contribution in [2.45, 2.75) is 19.3 Å². The molecule has 0 bridgehead atoms. The lowest BCUT2D eigenvalue weighted by Gasteiger charge is -2.05. The Hall–Kier alpha value is -3.76. The molecule has 0 spiro atoms. The van der Waals surface area contributed by atoms with Gasteiger partial charge in [0, 0.05) is 31.5 Å². The van der Waals surface area contributed by atoms with E-state index in [0.717, 1.165) is 17.7 Å². The summed E-state index contributed by atoms with van der Waals surface area (Å²) in [5.74, 6) is 2.32. The quantitative estimate of drug-likeness (QED) is 0.277. The van der Waals surface area contributed by atoms with Crippen molar-refractivity contribution in [2.75, 3.05) is 13.7 Å². The fourth-order valence-corrected chi connectivity index (χ4v) is 3.46. The summed E-state index contributed by atoms with van der Waals surface area (Å²) in [6, 6.07) is 9.33. The topological polar surface area (TPSA) is 35.0 Å². The molecule has 0 saturated carbocycles. The minimum Gasteiger partial charge on any atom is -0.384 e. The third-order valence-corrected chi connectivity index (χ3v) is 5.30. The average Bonchev–Trinajstić information content (AvgIpc) is 2.82. The molecule has 0 aliphatic heterocycles. The second-order valence-electron chi connectivity index (χ2n) is 7.76. The van der Waals surface area contributed by atoms with Gasteiger partial charge in [0.2, 0.25) is 0 Å². The van der Waals surface area contributed by atoms with Crippen molar-refractivity contribution in [2.24, 2.45) is 0 Å². The van der Waals surface area contributed by atoms with Crippen molar-refractivity contribution in [1.29, 1.82) is 0 Å². The maximum absolute atomic E-state index is 14.6. The molecule has 0 fully saturated rings. The molecule has 0 aliphatic rings. The van der Waals surface area contributed by atoms with E-state index < -0.39 is 23.3 Å². The summed E-state index contributed by atoms with van der Waals surface area (Å²) in [7, 11) is 1.62. The first-order chi connectivity index (χ1) is 16.4. The van der Waals surface area contributed by atoms with Crippen LogP contribution in [0.4, 0.5) is 17.6 Å². The average molecular weight is 464 g/mol. The molecule has 0 radical (unpaired) electrons. The van der Waals surface area contributed by atoms with E-state index in [0.29, 0.717) is 53.6 Å². The van der Waals surface area contributed by atoms with Crippen LogP contribution in [-0.4, -0.2) is 23.7 Å². The predicted molar refractivity (Wildman–Crippen MR) is 121 cm³/mol. The Balaban J connectivity index is 1.47. The molecule has 1 aromatic heterocycles. The second-order valence-corrected chi connectivity index (χ2v) is 7.76. The summed E-state index contributed by atoms with van der Waals surface area (Å²) in [6.45, 7) is 0.579. The van der Waals surface area contributed by atoms with Crippen molar-refractivity contribution in [1.82, 2.24) is 9.97 Å². The van der Waals surface area contributed by atoms with E-state index in [1.165, 1.54) is 18.2 Å². The molecule has 0 N–H and O–H groups in total. The Kier molecular flexibility index (Phi) is 7.19. The minimum atomic E-state index is -0.974. The Morgan fingerprint density at radius 2 is 1.38 bits per heavy atom. The number of rotatable bonds is 6. The van der Waals surface area contributed by atoms with E-state index in [9.17, 15) is 17.6 Å². The lowest BCUT2D eigenvalue weighted by atomic mass is 10.0. The van der Waals surface area contributed by atoms with Gasteiger partial charge in [-0.05, 0) is 71.1 Å². The van der Waals surface area contributed by atoms with Crippen LogP contribution in [0.3, 0.4) is 0 Å². The van der Waals surface area contributed by atoms with Gasteiger partial charge in [-0.25, -0.2) is 27.5 Å². The summed E-state index contributed by atoms with van der Waals surface area (Å²) < 4.78 is 61.0. The molecule has 0 unspecified atom stereocenters. The molecule has 3 nitrogen and oxygen atoms in total. The molecule has 172 valence electrons. The molecular weight excluding hydrogens is 444 g/mol. The highest BCUT2D eigenvalue weighted by Gasteiger charge is 2.10. The lowest BCUT2D eigenvalue weighted by Crippen LogP contribution is -2.02. The number of hydrogen-bond acceptors (Lipinski definition) is 3. The number of methoxy groups -OCH3 is 1. The fourth-order valence-electron chi connectivity index (χ4n) is 3.46. The summed E-state index contributed by atoms with van der Waals surface area (Å²) in [6.07, 6.45) is 4.95. The van der Waals surface area contributed by atoms with Crippen LogP contribution in [0.1, 0.15) is 28.1 Å². The van der Waals surface area contributed by atoms with Gasteiger partial charge in [0.15, 0.2) is 11.6 Å². The Morgan fingerprint density at radius 1 is 0.706 bits per heavy atom.